The van der Waals surface area contributed by atoms with Crippen molar-refractivity contribution in [3.8, 4) is 0 Å². The Bertz CT molecular complexity index is 349. The number of methoxy groups -OCH3 is 1. The average molecular weight is 262 g/mol. The minimum Gasteiger partial charge on any atom is -0.391 e. The third-order valence-electron chi connectivity index (χ3n) is 2.33. The third-order valence-corrected chi connectivity index (χ3v) is 2.62. The van der Waals surface area contributed by atoms with Gasteiger partial charge in [0.05, 0.1) is 17.7 Å². The van der Waals surface area contributed by atoms with Gasteiger partial charge in [0.25, 0.3) is 0 Å². The molecule has 0 aliphatic heterocycles. The normalized spacial score (nSPS) is 12.7. The van der Waals surface area contributed by atoms with Gasteiger partial charge in [0, 0.05) is 13.7 Å². The molecule has 3 nitrogen and oxygen atoms in total. The van der Waals surface area contributed by atoms with Crippen molar-refractivity contribution >= 4 is 11.6 Å². The quantitative estimate of drug-likeness (QED) is 0.738. The summed E-state index contributed by atoms with van der Waals surface area (Å²) in [7, 11) is 1.55. The summed E-state index contributed by atoms with van der Waals surface area (Å²) in [5, 5.41) is 12.7. The predicted octanol–water partition coefficient (Wildman–Crippen LogP) is 1.97. The summed E-state index contributed by atoms with van der Waals surface area (Å²) in [5.41, 5.74) is 0.914. The molecule has 0 aliphatic rings. The van der Waals surface area contributed by atoms with E-state index in [2.05, 4.69) is 5.32 Å². The fraction of sp³-hybridized carbons (Fsp3) is 0.500. The van der Waals surface area contributed by atoms with E-state index in [0.29, 0.717) is 26.1 Å². The van der Waals surface area contributed by atoms with Crippen molar-refractivity contribution < 1.29 is 14.2 Å². The molecule has 1 aromatic rings. The molecule has 1 atom stereocenters. The summed E-state index contributed by atoms with van der Waals surface area (Å²) in [6.07, 6.45) is 0.160. The molecule has 17 heavy (non-hydrogen) atoms. The predicted molar refractivity (Wildman–Crippen MR) is 65.6 cm³/mol. The van der Waals surface area contributed by atoms with Crippen LogP contribution in [-0.4, -0.2) is 31.5 Å². The summed E-state index contributed by atoms with van der Waals surface area (Å²) in [6, 6.07) is 4.62. The Labute approximate surface area is 106 Å². The fourth-order valence-corrected chi connectivity index (χ4v) is 1.63. The van der Waals surface area contributed by atoms with E-state index in [0.717, 1.165) is 5.56 Å². The summed E-state index contributed by atoms with van der Waals surface area (Å²) in [5.74, 6) is -0.411. The molecule has 0 saturated carbocycles. The monoisotopic (exact) mass is 261 g/mol. The highest BCUT2D eigenvalue weighted by Crippen LogP contribution is 2.15. The summed E-state index contributed by atoms with van der Waals surface area (Å²) >= 11 is 5.66. The average Bonchev–Trinajstić information content (AvgIpc) is 2.29. The molecule has 2 N–H and O–H groups in total. The summed E-state index contributed by atoms with van der Waals surface area (Å²) < 4.78 is 17.7. The second kappa shape index (κ2) is 7.61. The van der Waals surface area contributed by atoms with Gasteiger partial charge in [0.1, 0.15) is 5.82 Å². The number of aliphatic hydroxyl groups is 1. The molecular formula is C12H17ClFNO2. The Morgan fingerprint density at radius 3 is 2.94 bits per heavy atom. The molecule has 1 unspecified atom stereocenters. The number of aliphatic hydroxyl groups excluding tert-OH is 1. The van der Waals surface area contributed by atoms with Crippen molar-refractivity contribution in [1.82, 2.24) is 5.32 Å². The van der Waals surface area contributed by atoms with E-state index < -0.39 is 11.9 Å². The highest BCUT2D eigenvalue weighted by Gasteiger charge is 2.03. The van der Waals surface area contributed by atoms with Gasteiger partial charge < -0.3 is 15.2 Å². The number of nitrogens with one attached hydrogen (secondary N) is 1. The van der Waals surface area contributed by atoms with Crippen LogP contribution in [0.4, 0.5) is 4.39 Å². The third kappa shape index (κ3) is 5.46. The molecule has 0 amide bonds. The van der Waals surface area contributed by atoms with E-state index in [1.165, 1.54) is 6.07 Å². The number of hydrogen-bond acceptors (Lipinski definition) is 3. The first kappa shape index (κ1) is 14.4. The van der Waals surface area contributed by atoms with Gasteiger partial charge in [-0.2, -0.15) is 0 Å². The van der Waals surface area contributed by atoms with Crippen molar-refractivity contribution in [3.63, 3.8) is 0 Å². The van der Waals surface area contributed by atoms with Gasteiger partial charge in [-0.1, -0.05) is 17.7 Å². The first-order valence-electron chi connectivity index (χ1n) is 5.45. The molecule has 0 bridgehead atoms. The lowest BCUT2D eigenvalue weighted by Crippen LogP contribution is -2.23. The molecule has 0 spiro atoms. The zero-order valence-electron chi connectivity index (χ0n) is 9.75. The Morgan fingerprint density at radius 1 is 1.53 bits per heavy atom. The van der Waals surface area contributed by atoms with E-state index >= 15 is 0 Å². The number of ether oxygens (including phenoxy) is 1. The number of rotatable bonds is 7. The summed E-state index contributed by atoms with van der Waals surface area (Å²) in [4.78, 5) is 0. The minimum atomic E-state index is -0.454. The van der Waals surface area contributed by atoms with Crippen LogP contribution in [0.3, 0.4) is 0 Å². The van der Waals surface area contributed by atoms with Gasteiger partial charge in [-0.3, -0.25) is 0 Å². The Morgan fingerprint density at radius 2 is 2.29 bits per heavy atom. The van der Waals surface area contributed by atoms with Gasteiger partial charge in [-0.05, 0) is 30.7 Å². The Kier molecular flexibility index (Phi) is 6.44. The highest BCUT2D eigenvalue weighted by atomic mass is 35.5. The van der Waals surface area contributed by atoms with E-state index in [1.54, 1.807) is 19.2 Å². The largest absolute Gasteiger partial charge is 0.391 e. The zero-order chi connectivity index (χ0) is 12.7. The van der Waals surface area contributed by atoms with Gasteiger partial charge in [0.2, 0.25) is 0 Å². The van der Waals surface area contributed by atoms with Crippen molar-refractivity contribution in [1.29, 1.82) is 0 Å². The molecule has 1 aromatic carbocycles. The van der Waals surface area contributed by atoms with Crippen LogP contribution >= 0.6 is 11.6 Å². The van der Waals surface area contributed by atoms with E-state index in [-0.39, 0.29) is 5.02 Å². The standard InChI is InChI=1S/C12H17ClFNO2/c1-17-8-10(16)4-5-15-7-9-2-3-12(14)11(13)6-9/h2-3,6,10,15-16H,4-5,7-8H2,1H3. The molecule has 0 fully saturated rings. The first-order chi connectivity index (χ1) is 8.13. The molecule has 0 radical (unpaired) electrons. The van der Waals surface area contributed by atoms with Crippen LogP contribution in [0.1, 0.15) is 12.0 Å². The first-order valence-corrected chi connectivity index (χ1v) is 5.83. The SMILES string of the molecule is COCC(O)CCNCc1ccc(F)c(Cl)c1. The lowest BCUT2D eigenvalue weighted by atomic mass is 10.2. The Balaban J connectivity index is 2.24. The fourth-order valence-electron chi connectivity index (χ4n) is 1.43. The lowest BCUT2D eigenvalue weighted by molar-refractivity contribution is 0.0594. The molecule has 0 heterocycles. The molecule has 1 rings (SSSR count). The summed E-state index contributed by atoms with van der Waals surface area (Å²) in [6.45, 7) is 1.60. The van der Waals surface area contributed by atoms with Crippen LogP contribution in [0, 0.1) is 5.82 Å². The lowest BCUT2D eigenvalue weighted by Gasteiger charge is -2.10. The second-order valence-electron chi connectivity index (χ2n) is 3.82. The minimum absolute atomic E-state index is 0.128. The maximum atomic E-state index is 12.9. The molecule has 0 aliphatic carbocycles. The van der Waals surface area contributed by atoms with E-state index in [9.17, 15) is 9.50 Å². The van der Waals surface area contributed by atoms with E-state index in [1.807, 2.05) is 0 Å². The number of hydrogen-bond donors (Lipinski definition) is 2. The van der Waals surface area contributed by atoms with Crippen LogP contribution in [0.15, 0.2) is 18.2 Å². The second-order valence-corrected chi connectivity index (χ2v) is 4.23. The molecular weight excluding hydrogens is 245 g/mol. The van der Waals surface area contributed by atoms with Crippen LogP contribution in [0.2, 0.25) is 5.02 Å². The van der Waals surface area contributed by atoms with Gasteiger partial charge in [-0.15, -0.1) is 0 Å². The van der Waals surface area contributed by atoms with Crippen LogP contribution in [0.25, 0.3) is 0 Å². The van der Waals surface area contributed by atoms with Crippen LogP contribution in [0.5, 0.6) is 0 Å². The Hall–Kier alpha value is -0.680. The topological polar surface area (TPSA) is 41.5 Å². The molecule has 0 aromatic heterocycles. The van der Waals surface area contributed by atoms with Crippen molar-refractivity contribution in [2.75, 3.05) is 20.3 Å². The van der Waals surface area contributed by atoms with Gasteiger partial charge in [0.15, 0.2) is 0 Å². The molecule has 5 heteroatoms. The number of halogens is 2. The number of benzene rings is 1. The maximum absolute atomic E-state index is 12.9. The maximum Gasteiger partial charge on any atom is 0.141 e. The molecule has 96 valence electrons. The van der Waals surface area contributed by atoms with Gasteiger partial charge >= 0.3 is 0 Å². The van der Waals surface area contributed by atoms with Crippen LogP contribution < -0.4 is 5.32 Å². The highest BCUT2D eigenvalue weighted by molar-refractivity contribution is 6.30. The van der Waals surface area contributed by atoms with Gasteiger partial charge in [-0.25, -0.2) is 4.39 Å². The molecule has 0 saturated heterocycles. The van der Waals surface area contributed by atoms with Crippen LogP contribution in [-0.2, 0) is 11.3 Å². The van der Waals surface area contributed by atoms with Crippen molar-refractivity contribution in [2.24, 2.45) is 0 Å². The van der Waals surface area contributed by atoms with E-state index in [4.69, 9.17) is 16.3 Å². The zero-order valence-corrected chi connectivity index (χ0v) is 10.5. The van der Waals surface area contributed by atoms with Crippen molar-refractivity contribution in [2.45, 2.75) is 19.1 Å². The van der Waals surface area contributed by atoms with Crippen molar-refractivity contribution in [3.05, 3.63) is 34.6 Å². The smallest absolute Gasteiger partial charge is 0.141 e.